The third kappa shape index (κ3) is 3.45. The number of hydrogen-bond acceptors (Lipinski definition) is 7. The maximum atomic E-state index is 13.1. The van der Waals surface area contributed by atoms with Gasteiger partial charge in [-0.05, 0) is 19.1 Å². The fourth-order valence-corrected chi connectivity index (χ4v) is 3.90. The molecule has 0 bridgehead atoms. The number of nitrogens with zero attached hydrogens (tertiary/aromatic N) is 1. The van der Waals surface area contributed by atoms with Crippen LogP contribution < -0.4 is 5.32 Å². The fourth-order valence-electron chi connectivity index (χ4n) is 2.97. The zero-order chi connectivity index (χ0) is 20.4. The molecule has 0 atom stereocenters. The summed E-state index contributed by atoms with van der Waals surface area (Å²) in [6.07, 6.45) is 1.51. The van der Waals surface area contributed by atoms with E-state index in [1.165, 1.54) is 24.7 Å². The van der Waals surface area contributed by atoms with Crippen LogP contribution in [0, 0.1) is 6.92 Å². The summed E-state index contributed by atoms with van der Waals surface area (Å²) in [5, 5.41) is 8.92. The second-order valence-electron chi connectivity index (χ2n) is 6.10. The lowest BCUT2D eigenvalue weighted by atomic mass is 10.1. The monoisotopic (exact) mass is 408 g/mol. The smallest absolute Gasteiger partial charge is 0.341 e. The number of anilines is 1. The van der Waals surface area contributed by atoms with Crippen molar-refractivity contribution in [3.8, 4) is 22.6 Å². The molecule has 7 nitrogen and oxygen atoms in total. The molecule has 0 radical (unpaired) electrons. The Morgan fingerprint density at radius 2 is 1.90 bits per heavy atom. The number of amides is 1. The van der Waals surface area contributed by atoms with Gasteiger partial charge in [-0.1, -0.05) is 35.5 Å². The molecule has 0 unspecified atom stereocenters. The lowest BCUT2D eigenvalue weighted by Gasteiger charge is -2.07. The fraction of sp³-hybridized carbons (Fsp3) is 0.0952. The van der Waals surface area contributed by atoms with E-state index in [0.717, 1.165) is 5.56 Å². The summed E-state index contributed by atoms with van der Waals surface area (Å²) in [6.45, 7) is 1.66. The first-order valence-corrected chi connectivity index (χ1v) is 9.54. The van der Waals surface area contributed by atoms with Crippen LogP contribution in [0.1, 0.15) is 26.5 Å². The normalized spacial score (nSPS) is 10.7. The highest BCUT2D eigenvalue weighted by atomic mass is 32.1. The molecule has 3 heterocycles. The van der Waals surface area contributed by atoms with Crippen molar-refractivity contribution in [3.05, 3.63) is 71.0 Å². The highest BCUT2D eigenvalue weighted by Gasteiger charge is 2.27. The average molecular weight is 408 g/mol. The predicted octanol–water partition coefficient (Wildman–Crippen LogP) is 5.01. The van der Waals surface area contributed by atoms with Crippen molar-refractivity contribution in [1.82, 2.24) is 5.16 Å². The molecule has 4 aromatic rings. The summed E-state index contributed by atoms with van der Waals surface area (Å²) in [5.41, 5.74) is 2.27. The molecule has 4 rings (SSSR count). The molecule has 0 saturated heterocycles. The molecule has 1 aromatic carbocycles. The van der Waals surface area contributed by atoms with Crippen LogP contribution in [0.5, 0.6) is 0 Å². The number of aromatic nitrogens is 1. The molecule has 0 aliphatic heterocycles. The Morgan fingerprint density at radius 1 is 1.10 bits per heavy atom. The summed E-state index contributed by atoms with van der Waals surface area (Å²) < 4.78 is 15.6. The van der Waals surface area contributed by atoms with Gasteiger partial charge in [-0.15, -0.1) is 11.3 Å². The summed E-state index contributed by atoms with van der Waals surface area (Å²) >= 11 is 1.21. The van der Waals surface area contributed by atoms with Crippen LogP contribution in [0.4, 0.5) is 5.00 Å². The molecule has 146 valence electrons. The van der Waals surface area contributed by atoms with Gasteiger partial charge < -0.3 is 19.0 Å². The summed E-state index contributed by atoms with van der Waals surface area (Å²) in [7, 11) is 1.29. The van der Waals surface area contributed by atoms with Gasteiger partial charge in [-0.2, -0.15) is 0 Å². The van der Waals surface area contributed by atoms with Crippen LogP contribution >= 0.6 is 11.3 Å². The standard InChI is InChI=1S/C21H16N2O5S/c1-12-16(18(23-28-12)13-7-4-3-5-8-13)19(24)22-20-17(21(25)26-2)14(11-29-20)15-9-6-10-27-15/h3-11H,1-2H3,(H,22,24). The molecule has 29 heavy (non-hydrogen) atoms. The zero-order valence-electron chi connectivity index (χ0n) is 15.6. The molecule has 8 heteroatoms. The Labute approximate surface area is 169 Å². The number of hydrogen-bond donors (Lipinski definition) is 1. The minimum absolute atomic E-state index is 0.233. The lowest BCUT2D eigenvalue weighted by Crippen LogP contribution is -2.15. The van der Waals surface area contributed by atoms with E-state index in [4.69, 9.17) is 13.7 Å². The van der Waals surface area contributed by atoms with Crippen molar-refractivity contribution < 1.29 is 23.3 Å². The average Bonchev–Trinajstić information content (AvgIpc) is 3.47. The van der Waals surface area contributed by atoms with Crippen LogP contribution in [-0.4, -0.2) is 24.1 Å². The molecule has 1 amide bonds. The number of rotatable bonds is 5. The predicted molar refractivity (Wildman–Crippen MR) is 108 cm³/mol. The van der Waals surface area contributed by atoms with Gasteiger partial charge in [0.1, 0.15) is 33.3 Å². The summed E-state index contributed by atoms with van der Waals surface area (Å²) in [6, 6.07) is 12.7. The van der Waals surface area contributed by atoms with Crippen molar-refractivity contribution in [2.45, 2.75) is 6.92 Å². The van der Waals surface area contributed by atoms with Gasteiger partial charge >= 0.3 is 5.97 Å². The summed E-state index contributed by atoms with van der Waals surface area (Å²) in [5.74, 6) is -0.115. The Bertz CT molecular complexity index is 1160. The second kappa shape index (κ2) is 7.76. The third-order valence-corrected chi connectivity index (χ3v) is 5.23. The SMILES string of the molecule is COC(=O)c1c(-c2ccco2)csc1NC(=O)c1c(-c2ccccc2)noc1C. The first kappa shape index (κ1) is 18.7. The topological polar surface area (TPSA) is 94.6 Å². The van der Waals surface area contributed by atoms with Crippen molar-refractivity contribution in [1.29, 1.82) is 0 Å². The third-order valence-electron chi connectivity index (χ3n) is 4.33. The minimum atomic E-state index is -0.571. The highest BCUT2D eigenvalue weighted by molar-refractivity contribution is 7.15. The molecule has 0 spiro atoms. The largest absolute Gasteiger partial charge is 0.465 e. The number of carbonyl (C=O) groups is 2. The van der Waals surface area contributed by atoms with E-state index >= 15 is 0 Å². The van der Waals surface area contributed by atoms with Gasteiger partial charge in [-0.3, -0.25) is 4.79 Å². The molecule has 0 aliphatic rings. The number of nitrogens with one attached hydrogen (secondary N) is 1. The van der Waals surface area contributed by atoms with Crippen LogP contribution in [0.2, 0.25) is 0 Å². The van der Waals surface area contributed by atoms with Crippen molar-refractivity contribution in [3.63, 3.8) is 0 Å². The van der Waals surface area contributed by atoms with Gasteiger partial charge in [0.15, 0.2) is 0 Å². The van der Waals surface area contributed by atoms with Crippen LogP contribution in [0.15, 0.2) is 63.0 Å². The molecule has 1 N–H and O–H groups in total. The van der Waals surface area contributed by atoms with E-state index in [1.807, 2.05) is 30.3 Å². The molecule has 3 aromatic heterocycles. The number of aryl methyl sites for hydroxylation is 1. The van der Waals surface area contributed by atoms with Gasteiger partial charge in [0.25, 0.3) is 5.91 Å². The van der Waals surface area contributed by atoms with Gasteiger partial charge in [0.2, 0.25) is 0 Å². The zero-order valence-corrected chi connectivity index (χ0v) is 16.4. The highest BCUT2D eigenvalue weighted by Crippen LogP contribution is 2.37. The molecule has 0 aliphatic carbocycles. The Balaban J connectivity index is 1.72. The Kier molecular flexibility index (Phi) is 5.01. The van der Waals surface area contributed by atoms with E-state index in [2.05, 4.69) is 10.5 Å². The Morgan fingerprint density at radius 3 is 2.59 bits per heavy atom. The van der Waals surface area contributed by atoms with Crippen molar-refractivity contribution >= 4 is 28.2 Å². The van der Waals surface area contributed by atoms with Crippen LogP contribution in [0.3, 0.4) is 0 Å². The number of methoxy groups -OCH3 is 1. The van der Waals surface area contributed by atoms with E-state index in [-0.39, 0.29) is 5.56 Å². The van der Waals surface area contributed by atoms with Gasteiger partial charge in [0.05, 0.1) is 13.4 Å². The molecule has 0 fully saturated rings. The maximum absolute atomic E-state index is 13.1. The first-order valence-electron chi connectivity index (χ1n) is 8.67. The molecular weight excluding hydrogens is 392 g/mol. The van der Waals surface area contributed by atoms with E-state index < -0.39 is 11.9 Å². The number of thiophene rings is 1. The number of ether oxygens (including phenoxy) is 1. The van der Waals surface area contributed by atoms with E-state index in [9.17, 15) is 9.59 Å². The number of esters is 1. The van der Waals surface area contributed by atoms with E-state index in [1.54, 1.807) is 24.4 Å². The molecular formula is C21H16N2O5S. The number of furan rings is 1. The van der Waals surface area contributed by atoms with Crippen LogP contribution in [-0.2, 0) is 4.74 Å². The lowest BCUT2D eigenvalue weighted by molar-refractivity contribution is 0.0603. The van der Waals surface area contributed by atoms with Crippen molar-refractivity contribution in [2.24, 2.45) is 0 Å². The molecule has 0 saturated carbocycles. The maximum Gasteiger partial charge on any atom is 0.341 e. The summed E-state index contributed by atoms with van der Waals surface area (Å²) in [4.78, 5) is 25.5. The van der Waals surface area contributed by atoms with Crippen LogP contribution in [0.25, 0.3) is 22.6 Å². The second-order valence-corrected chi connectivity index (χ2v) is 6.98. The van der Waals surface area contributed by atoms with E-state index in [0.29, 0.717) is 33.3 Å². The first-order chi connectivity index (χ1) is 14.1. The van der Waals surface area contributed by atoms with Gasteiger partial charge in [-0.25, -0.2) is 4.79 Å². The Hall–Kier alpha value is -3.65. The number of carbonyl (C=O) groups excluding carboxylic acids is 2. The minimum Gasteiger partial charge on any atom is -0.465 e. The van der Waals surface area contributed by atoms with Gasteiger partial charge in [0, 0.05) is 16.5 Å². The van der Waals surface area contributed by atoms with Crippen molar-refractivity contribution in [2.75, 3.05) is 12.4 Å². The quantitative estimate of drug-likeness (QED) is 0.467. The number of benzene rings is 1.